The molecule has 3 nitrogen and oxygen atoms in total. The van der Waals surface area contributed by atoms with Gasteiger partial charge in [0.2, 0.25) is 0 Å². The molecule has 3 aromatic rings. The monoisotopic (exact) mass is 228 g/mol. The summed E-state index contributed by atoms with van der Waals surface area (Å²) < 4.78 is 2.86. The Morgan fingerprint density at radius 1 is 1.25 bits per heavy atom. The number of aromatic nitrogens is 2. The predicted molar refractivity (Wildman–Crippen MR) is 64.3 cm³/mol. The van der Waals surface area contributed by atoms with Crippen molar-refractivity contribution in [3.05, 3.63) is 47.5 Å². The second-order valence-electron chi connectivity index (χ2n) is 3.43. The van der Waals surface area contributed by atoms with Gasteiger partial charge in [0, 0.05) is 6.20 Å². The number of hydrogen-bond donors (Lipinski definition) is 0. The van der Waals surface area contributed by atoms with Crippen LogP contribution in [0.4, 0.5) is 0 Å². The summed E-state index contributed by atoms with van der Waals surface area (Å²) >= 11 is 1.46. The molecule has 0 atom stereocenters. The van der Waals surface area contributed by atoms with Gasteiger partial charge in [0.1, 0.15) is 5.52 Å². The molecular weight excluding hydrogens is 220 g/mol. The second-order valence-corrected chi connectivity index (χ2v) is 4.54. The largest absolute Gasteiger partial charge is 0.297 e. The van der Waals surface area contributed by atoms with Crippen molar-refractivity contribution in [1.82, 2.24) is 9.78 Å². The molecule has 0 bridgehead atoms. The van der Waals surface area contributed by atoms with Gasteiger partial charge in [0.25, 0.3) is 0 Å². The molecule has 3 rings (SSSR count). The lowest BCUT2D eigenvalue weighted by molar-refractivity contribution is 0.112. The number of aldehydes is 1. The van der Waals surface area contributed by atoms with Gasteiger partial charge in [-0.15, -0.1) is 11.3 Å². The number of rotatable bonds is 2. The number of nitrogens with zero attached hydrogens (tertiary/aromatic N) is 2. The minimum atomic E-state index is 0.720. The highest BCUT2D eigenvalue weighted by Crippen LogP contribution is 2.24. The fraction of sp³-hybridized carbons (Fsp3) is 0. The van der Waals surface area contributed by atoms with Gasteiger partial charge in [-0.05, 0) is 18.2 Å². The van der Waals surface area contributed by atoms with E-state index < -0.39 is 0 Å². The molecule has 0 spiro atoms. The zero-order valence-corrected chi connectivity index (χ0v) is 9.15. The van der Waals surface area contributed by atoms with Crippen LogP contribution in [0, 0.1) is 0 Å². The standard InChI is InChI=1S/C12H8N2OS/c15-8-10-6-11-12(16-10)7-14(13-11)9-4-2-1-3-5-9/h1-8H. The fourth-order valence-electron chi connectivity index (χ4n) is 1.61. The number of benzene rings is 1. The Morgan fingerprint density at radius 2 is 2.06 bits per heavy atom. The molecule has 0 fully saturated rings. The summed E-state index contributed by atoms with van der Waals surface area (Å²) in [6.45, 7) is 0. The third-order valence-electron chi connectivity index (χ3n) is 2.35. The molecule has 16 heavy (non-hydrogen) atoms. The minimum absolute atomic E-state index is 0.720. The molecule has 0 aliphatic rings. The molecular formula is C12H8N2OS. The number of carbonyl (C=O) groups excluding carboxylic acids is 1. The predicted octanol–water partition coefficient (Wildman–Crippen LogP) is 2.90. The third-order valence-corrected chi connectivity index (χ3v) is 3.34. The Labute approximate surface area is 95.9 Å². The van der Waals surface area contributed by atoms with Crippen LogP contribution in [0.15, 0.2) is 42.6 Å². The van der Waals surface area contributed by atoms with E-state index >= 15 is 0 Å². The van der Waals surface area contributed by atoms with E-state index in [1.165, 1.54) is 11.3 Å². The van der Waals surface area contributed by atoms with E-state index in [9.17, 15) is 4.79 Å². The molecule has 1 aromatic carbocycles. The Kier molecular flexibility index (Phi) is 2.08. The van der Waals surface area contributed by atoms with Crippen LogP contribution in [0.25, 0.3) is 15.9 Å². The van der Waals surface area contributed by atoms with Crippen LogP contribution in [0.1, 0.15) is 9.67 Å². The molecule has 0 amide bonds. The van der Waals surface area contributed by atoms with Crippen LogP contribution in [0.5, 0.6) is 0 Å². The molecule has 4 heteroatoms. The maximum absolute atomic E-state index is 10.6. The first-order valence-corrected chi connectivity index (χ1v) is 5.68. The van der Waals surface area contributed by atoms with Gasteiger partial charge in [0.15, 0.2) is 6.29 Å². The van der Waals surface area contributed by atoms with Gasteiger partial charge < -0.3 is 0 Å². The van der Waals surface area contributed by atoms with Gasteiger partial charge in [-0.3, -0.25) is 4.79 Å². The lowest BCUT2D eigenvalue weighted by Crippen LogP contribution is -1.92. The molecule has 2 heterocycles. The highest BCUT2D eigenvalue weighted by molar-refractivity contribution is 7.20. The second kappa shape index (κ2) is 3.57. The number of thiophene rings is 1. The summed E-state index contributed by atoms with van der Waals surface area (Å²) in [5, 5.41) is 4.42. The van der Waals surface area contributed by atoms with Crippen LogP contribution >= 0.6 is 11.3 Å². The molecule has 0 aliphatic carbocycles. The molecule has 0 saturated carbocycles. The van der Waals surface area contributed by atoms with E-state index in [1.54, 1.807) is 0 Å². The molecule has 0 saturated heterocycles. The molecule has 78 valence electrons. The van der Waals surface area contributed by atoms with Gasteiger partial charge in [-0.2, -0.15) is 5.10 Å². The van der Waals surface area contributed by atoms with Crippen LogP contribution in [0.2, 0.25) is 0 Å². The highest BCUT2D eigenvalue weighted by Gasteiger charge is 2.06. The van der Waals surface area contributed by atoms with E-state index in [-0.39, 0.29) is 0 Å². The van der Waals surface area contributed by atoms with E-state index in [0.29, 0.717) is 0 Å². The summed E-state index contributed by atoms with van der Waals surface area (Å²) in [6, 6.07) is 11.7. The van der Waals surface area contributed by atoms with Crippen molar-refractivity contribution in [2.45, 2.75) is 0 Å². The molecule has 0 unspecified atom stereocenters. The SMILES string of the molecule is O=Cc1cc2nn(-c3ccccc3)cc2s1. The maximum atomic E-state index is 10.6. The molecule has 0 N–H and O–H groups in total. The highest BCUT2D eigenvalue weighted by atomic mass is 32.1. The van der Waals surface area contributed by atoms with Crippen LogP contribution < -0.4 is 0 Å². The van der Waals surface area contributed by atoms with E-state index in [4.69, 9.17) is 0 Å². The van der Waals surface area contributed by atoms with Crippen molar-refractivity contribution in [2.75, 3.05) is 0 Å². The maximum Gasteiger partial charge on any atom is 0.160 e. The van der Waals surface area contributed by atoms with E-state index in [1.807, 2.05) is 47.3 Å². The zero-order valence-electron chi connectivity index (χ0n) is 8.33. The number of carbonyl (C=O) groups is 1. The smallest absolute Gasteiger partial charge is 0.160 e. The number of para-hydroxylation sites is 1. The Balaban J connectivity index is 2.13. The van der Waals surface area contributed by atoms with Crippen molar-refractivity contribution < 1.29 is 4.79 Å². The van der Waals surface area contributed by atoms with Crippen molar-refractivity contribution in [1.29, 1.82) is 0 Å². The summed E-state index contributed by atoms with van der Waals surface area (Å²) in [5.74, 6) is 0. The lowest BCUT2D eigenvalue weighted by atomic mass is 10.3. The van der Waals surface area contributed by atoms with E-state index in [2.05, 4.69) is 5.10 Å². The van der Waals surface area contributed by atoms with Crippen molar-refractivity contribution in [3.63, 3.8) is 0 Å². The minimum Gasteiger partial charge on any atom is -0.297 e. The molecule has 0 aliphatic heterocycles. The topological polar surface area (TPSA) is 34.9 Å². The quantitative estimate of drug-likeness (QED) is 0.632. The Morgan fingerprint density at radius 3 is 2.75 bits per heavy atom. The third kappa shape index (κ3) is 1.44. The van der Waals surface area contributed by atoms with Crippen LogP contribution in [-0.4, -0.2) is 16.1 Å². The van der Waals surface area contributed by atoms with Gasteiger partial charge in [-0.25, -0.2) is 4.68 Å². The fourth-order valence-corrected chi connectivity index (χ4v) is 2.44. The summed E-state index contributed by atoms with van der Waals surface area (Å²) in [7, 11) is 0. The van der Waals surface area contributed by atoms with Crippen molar-refractivity contribution in [3.8, 4) is 5.69 Å². The first-order valence-electron chi connectivity index (χ1n) is 4.86. The summed E-state index contributed by atoms with van der Waals surface area (Å²) in [5.41, 5.74) is 1.90. The van der Waals surface area contributed by atoms with Crippen molar-refractivity contribution >= 4 is 27.8 Å². The number of fused-ring (bicyclic) bond motifs is 1. The molecule has 0 radical (unpaired) electrons. The summed E-state index contributed by atoms with van der Waals surface area (Å²) in [4.78, 5) is 11.3. The average molecular weight is 228 g/mol. The Bertz CT molecular complexity index is 608. The van der Waals surface area contributed by atoms with Crippen LogP contribution in [0.3, 0.4) is 0 Å². The van der Waals surface area contributed by atoms with Gasteiger partial charge >= 0.3 is 0 Å². The normalized spacial score (nSPS) is 10.8. The lowest BCUT2D eigenvalue weighted by Gasteiger charge is -1.98. The van der Waals surface area contributed by atoms with Gasteiger partial charge in [-0.1, -0.05) is 18.2 Å². The average Bonchev–Trinajstić information content (AvgIpc) is 2.87. The van der Waals surface area contributed by atoms with Gasteiger partial charge in [0.05, 0.1) is 15.3 Å². The zero-order chi connectivity index (χ0) is 11.0. The van der Waals surface area contributed by atoms with Crippen molar-refractivity contribution in [2.24, 2.45) is 0 Å². The first-order chi connectivity index (χ1) is 7.86. The molecule has 2 aromatic heterocycles. The number of hydrogen-bond acceptors (Lipinski definition) is 3. The van der Waals surface area contributed by atoms with Crippen LogP contribution in [-0.2, 0) is 0 Å². The summed E-state index contributed by atoms with van der Waals surface area (Å²) in [6.07, 6.45) is 2.81. The Hall–Kier alpha value is -1.94. The first kappa shape index (κ1) is 9.30. The van der Waals surface area contributed by atoms with E-state index in [0.717, 1.165) is 27.1 Å².